The number of alkyl halides is 3. The van der Waals surface area contributed by atoms with Crippen molar-refractivity contribution in [2.75, 3.05) is 0 Å². The first kappa shape index (κ1) is 26.1. The minimum Gasteiger partial charge on any atom is -0.741 e. The number of aromatic nitrogens is 1. The molecule has 0 radical (unpaired) electrons. The largest absolute Gasteiger partial charge is 0.741 e. The third kappa shape index (κ3) is 5.42. The zero-order chi connectivity index (χ0) is 25.3. The van der Waals surface area contributed by atoms with Crippen molar-refractivity contribution in [2.24, 2.45) is 7.05 Å². The first-order chi connectivity index (χ1) is 15.8. The Labute approximate surface area is 208 Å². The number of hydrogen-bond donors (Lipinski definition) is 0. The highest BCUT2D eigenvalue weighted by Gasteiger charge is 2.36. The van der Waals surface area contributed by atoms with Crippen LogP contribution < -0.4 is 9.30 Å². The molecule has 4 rings (SSSR count). The Morgan fingerprint density at radius 2 is 1.32 bits per heavy atom. The van der Waals surface area contributed by atoms with E-state index in [0.717, 1.165) is 27.4 Å². The van der Waals surface area contributed by atoms with Gasteiger partial charge in [-0.1, -0.05) is 53.5 Å². The van der Waals surface area contributed by atoms with Crippen LogP contribution in [0.25, 0.3) is 21.8 Å². The summed E-state index contributed by atoms with van der Waals surface area (Å²) >= 11 is 18.2. The van der Waals surface area contributed by atoms with E-state index in [1.165, 1.54) is 0 Å². The van der Waals surface area contributed by atoms with Gasteiger partial charge in [-0.05, 0) is 36.5 Å². The van der Waals surface area contributed by atoms with Crippen LogP contribution in [0, 0.1) is 0 Å². The third-order valence-electron chi connectivity index (χ3n) is 4.67. The highest BCUT2D eigenvalue weighted by molar-refractivity contribution is 7.86. The SMILES string of the molecule is C[n+]1c2ccccc2c(C(=S)Oc2c(Cl)cccc2Cl)c2ccccc21.O=S(=O)([O-])C(F)(F)F. The molecule has 4 aromatic rings. The Kier molecular flexibility index (Phi) is 7.69. The molecule has 3 aromatic carbocycles. The van der Waals surface area contributed by atoms with Crippen LogP contribution in [-0.4, -0.2) is 23.5 Å². The van der Waals surface area contributed by atoms with Gasteiger partial charge in [0.1, 0.15) is 7.05 Å². The number of thiocarbonyl (C=S) groups is 1. The lowest BCUT2D eigenvalue weighted by atomic mass is 10.0. The van der Waals surface area contributed by atoms with Crippen molar-refractivity contribution in [3.8, 4) is 5.75 Å². The van der Waals surface area contributed by atoms with Crippen LogP contribution in [0.2, 0.25) is 10.0 Å². The van der Waals surface area contributed by atoms with Crippen LogP contribution in [0.5, 0.6) is 5.75 Å². The number of aryl methyl sites for hydroxylation is 1. The van der Waals surface area contributed by atoms with Gasteiger partial charge < -0.3 is 9.29 Å². The lowest BCUT2D eigenvalue weighted by Gasteiger charge is -2.13. The number of fused-ring (bicyclic) bond motifs is 2. The van der Waals surface area contributed by atoms with Crippen molar-refractivity contribution in [2.45, 2.75) is 5.51 Å². The Balaban J connectivity index is 0.000000350. The summed E-state index contributed by atoms with van der Waals surface area (Å²) in [6.07, 6.45) is 0. The fourth-order valence-electron chi connectivity index (χ4n) is 3.17. The van der Waals surface area contributed by atoms with Crippen molar-refractivity contribution in [3.63, 3.8) is 0 Å². The van der Waals surface area contributed by atoms with E-state index in [0.29, 0.717) is 20.8 Å². The fraction of sp³-hybridized carbons (Fsp3) is 0.0909. The molecule has 0 saturated carbocycles. The summed E-state index contributed by atoms with van der Waals surface area (Å²) in [5, 5.41) is 3.22. The lowest BCUT2D eigenvalue weighted by Crippen LogP contribution is -2.31. The van der Waals surface area contributed by atoms with E-state index in [-0.39, 0.29) is 0 Å². The van der Waals surface area contributed by atoms with Crippen LogP contribution in [0.15, 0.2) is 66.7 Å². The third-order valence-corrected chi connectivity index (χ3v) is 6.12. The van der Waals surface area contributed by atoms with Gasteiger partial charge in [0.05, 0.1) is 26.4 Å². The maximum absolute atomic E-state index is 10.7. The maximum Gasteiger partial charge on any atom is 0.485 e. The van der Waals surface area contributed by atoms with Crippen molar-refractivity contribution in [1.82, 2.24) is 0 Å². The lowest BCUT2D eigenvalue weighted by molar-refractivity contribution is -0.617. The summed E-state index contributed by atoms with van der Waals surface area (Å²) in [6, 6.07) is 21.4. The molecular formula is C22H14Cl2F3NO4S2. The standard InChI is InChI=1S/C21H14Cl2NOS.CHF3O3S/c1-24-17-11-4-2-7-13(17)19(14-8-3-5-12-18(14)24)21(26)25-20-15(22)9-6-10-16(20)23;2-1(3,4)8(5,6)7/h2-12H,1H3;(H,5,6,7)/q+1;/p-1. The Morgan fingerprint density at radius 1 is 0.912 bits per heavy atom. The zero-order valence-corrected chi connectivity index (χ0v) is 20.3. The van der Waals surface area contributed by atoms with E-state index in [2.05, 4.69) is 16.7 Å². The van der Waals surface area contributed by atoms with Crippen molar-refractivity contribution < 1.29 is 35.4 Å². The number of para-hydroxylation sites is 3. The molecule has 0 fully saturated rings. The van der Waals surface area contributed by atoms with E-state index in [1.807, 2.05) is 43.4 Å². The minimum absolute atomic E-state index is 0.341. The number of benzene rings is 3. The van der Waals surface area contributed by atoms with Gasteiger partial charge in [-0.3, -0.25) is 0 Å². The van der Waals surface area contributed by atoms with Crippen LogP contribution in [-0.2, 0) is 17.2 Å². The minimum atomic E-state index is -6.09. The van der Waals surface area contributed by atoms with Gasteiger partial charge in [0.15, 0.2) is 20.9 Å². The summed E-state index contributed by atoms with van der Waals surface area (Å²) in [5.41, 5.74) is -2.65. The molecule has 0 spiro atoms. The summed E-state index contributed by atoms with van der Waals surface area (Å²) in [4.78, 5) is 0. The molecule has 0 aliphatic carbocycles. The average molecular weight is 548 g/mol. The Bertz CT molecular complexity index is 1430. The molecule has 0 aliphatic heterocycles. The van der Waals surface area contributed by atoms with Gasteiger partial charge in [-0.2, -0.15) is 17.7 Å². The second-order valence-electron chi connectivity index (χ2n) is 6.81. The van der Waals surface area contributed by atoms with Gasteiger partial charge in [0, 0.05) is 12.1 Å². The molecule has 0 N–H and O–H groups in total. The summed E-state index contributed by atoms with van der Waals surface area (Å²) < 4.78 is 67.0. The quantitative estimate of drug-likeness (QED) is 0.102. The van der Waals surface area contributed by atoms with E-state index in [4.69, 9.17) is 53.1 Å². The van der Waals surface area contributed by atoms with Gasteiger partial charge in [0.25, 0.3) is 0 Å². The van der Waals surface area contributed by atoms with Crippen molar-refractivity contribution >= 4 is 72.4 Å². The zero-order valence-electron chi connectivity index (χ0n) is 17.1. The summed E-state index contributed by atoms with van der Waals surface area (Å²) in [6.45, 7) is 0. The molecule has 1 heterocycles. The first-order valence-corrected chi connectivity index (χ1v) is 11.9. The summed E-state index contributed by atoms with van der Waals surface area (Å²) in [7, 11) is -4.05. The van der Waals surface area contributed by atoms with E-state index < -0.39 is 15.6 Å². The molecular weight excluding hydrogens is 534 g/mol. The molecule has 0 unspecified atom stereocenters. The summed E-state index contributed by atoms with van der Waals surface area (Å²) in [5.74, 6) is 0.377. The first-order valence-electron chi connectivity index (χ1n) is 9.30. The number of nitrogens with zero attached hydrogens (tertiary/aromatic N) is 1. The molecule has 0 saturated heterocycles. The second-order valence-corrected chi connectivity index (χ2v) is 9.36. The molecule has 34 heavy (non-hydrogen) atoms. The predicted molar refractivity (Wildman–Crippen MR) is 127 cm³/mol. The number of hydrogen-bond acceptors (Lipinski definition) is 5. The van der Waals surface area contributed by atoms with E-state index >= 15 is 0 Å². The number of rotatable bonds is 2. The Morgan fingerprint density at radius 3 is 1.74 bits per heavy atom. The van der Waals surface area contributed by atoms with Gasteiger partial charge in [-0.25, -0.2) is 8.42 Å². The molecule has 0 amide bonds. The van der Waals surface area contributed by atoms with Crippen molar-refractivity contribution in [1.29, 1.82) is 0 Å². The molecule has 0 atom stereocenters. The number of ether oxygens (including phenoxy) is 1. The molecule has 178 valence electrons. The molecule has 0 bridgehead atoms. The fourth-order valence-corrected chi connectivity index (χ4v) is 3.95. The van der Waals surface area contributed by atoms with Gasteiger partial charge >= 0.3 is 5.51 Å². The smallest absolute Gasteiger partial charge is 0.485 e. The second kappa shape index (κ2) is 10.0. The van der Waals surface area contributed by atoms with E-state index in [9.17, 15) is 13.2 Å². The van der Waals surface area contributed by atoms with Crippen LogP contribution >= 0.6 is 35.4 Å². The normalized spacial score (nSPS) is 11.7. The number of halogens is 5. The van der Waals surface area contributed by atoms with Gasteiger partial charge in [-0.15, -0.1) is 0 Å². The molecule has 5 nitrogen and oxygen atoms in total. The van der Waals surface area contributed by atoms with Crippen molar-refractivity contribution in [3.05, 3.63) is 82.3 Å². The van der Waals surface area contributed by atoms with E-state index in [1.54, 1.807) is 18.2 Å². The molecule has 1 aromatic heterocycles. The monoisotopic (exact) mass is 547 g/mol. The Hall–Kier alpha value is -2.50. The van der Waals surface area contributed by atoms with Gasteiger partial charge in [0.2, 0.25) is 11.0 Å². The molecule has 0 aliphatic rings. The maximum atomic E-state index is 10.7. The molecule has 12 heteroatoms. The highest BCUT2D eigenvalue weighted by Crippen LogP contribution is 2.34. The average Bonchev–Trinajstić information content (AvgIpc) is 2.76. The van der Waals surface area contributed by atoms with Crippen LogP contribution in [0.4, 0.5) is 13.2 Å². The number of pyridine rings is 1. The predicted octanol–water partition coefficient (Wildman–Crippen LogP) is 5.93. The topological polar surface area (TPSA) is 70.3 Å². The van der Waals surface area contributed by atoms with Crippen LogP contribution in [0.3, 0.4) is 0 Å². The van der Waals surface area contributed by atoms with Crippen LogP contribution in [0.1, 0.15) is 5.56 Å². The highest BCUT2D eigenvalue weighted by atomic mass is 35.5.